The van der Waals surface area contributed by atoms with Gasteiger partial charge in [0.1, 0.15) is 0 Å². The molecule has 0 aliphatic carbocycles. The third-order valence-corrected chi connectivity index (χ3v) is 4.70. The molecule has 1 heterocycles. The minimum atomic E-state index is -0.0529. The van der Waals surface area contributed by atoms with Crippen molar-refractivity contribution >= 4 is 5.91 Å². The van der Waals surface area contributed by atoms with E-state index in [-0.39, 0.29) is 5.91 Å². The summed E-state index contributed by atoms with van der Waals surface area (Å²) in [4.78, 5) is 14.9. The molecule has 5 heteroatoms. The van der Waals surface area contributed by atoms with Crippen LogP contribution in [0.15, 0.2) is 66.7 Å². The zero-order valence-electron chi connectivity index (χ0n) is 16.5. The van der Waals surface area contributed by atoms with Crippen molar-refractivity contribution in [3.63, 3.8) is 0 Å². The number of ether oxygens (including phenoxy) is 1. The minimum Gasteiger partial charge on any atom is -0.383 e. The highest BCUT2D eigenvalue weighted by atomic mass is 16.5. The normalized spacial score (nSPS) is 10.8. The molecule has 0 N–H and O–H groups in total. The lowest BCUT2D eigenvalue weighted by Crippen LogP contribution is -2.35. The van der Waals surface area contributed by atoms with Gasteiger partial charge in [-0.1, -0.05) is 48.5 Å². The first-order chi connectivity index (χ1) is 13.7. The molecule has 2 aromatic carbocycles. The van der Waals surface area contributed by atoms with Gasteiger partial charge in [0.05, 0.1) is 12.3 Å². The van der Waals surface area contributed by atoms with Gasteiger partial charge < -0.3 is 9.64 Å². The van der Waals surface area contributed by atoms with E-state index in [1.54, 1.807) is 7.11 Å². The number of rotatable bonds is 9. The van der Waals surface area contributed by atoms with Gasteiger partial charge in [-0.05, 0) is 43.5 Å². The molecule has 146 valence electrons. The molecule has 3 rings (SSSR count). The number of aromatic nitrogens is 2. The van der Waals surface area contributed by atoms with Crippen molar-refractivity contribution in [3.05, 3.63) is 83.7 Å². The van der Waals surface area contributed by atoms with Crippen LogP contribution >= 0.6 is 0 Å². The van der Waals surface area contributed by atoms with Crippen LogP contribution in [0.4, 0.5) is 0 Å². The molecule has 0 radical (unpaired) electrons. The fourth-order valence-electron chi connectivity index (χ4n) is 3.21. The lowest BCUT2D eigenvalue weighted by Gasteiger charge is -2.21. The maximum atomic E-state index is 13.1. The van der Waals surface area contributed by atoms with Gasteiger partial charge in [-0.3, -0.25) is 4.79 Å². The van der Waals surface area contributed by atoms with E-state index in [4.69, 9.17) is 4.74 Å². The third kappa shape index (κ3) is 5.08. The Morgan fingerprint density at radius 2 is 1.71 bits per heavy atom. The van der Waals surface area contributed by atoms with Gasteiger partial charge in [0.2, 0.25) is 0 Å². The zero-order chi connectivity index (χ0) is 19.8. The topological polar surface area (TPSA) is 47.4 Å². The molecule has 28 heavy (non-hydrogen) atoms. The molecule has 3 aromatic rings. The summed E-state index contributed by atoms with van der Waals surface area (Å²) in [5.41, 5.74) is 3.64. The average molecular weight is 377 g/mol. The Kier molecular flexibility index (Phi) is 6.98. The van der Waals surface area contributed by atoms with Gasteiger partial charge >= 0.3 is 0 Å². The van der Waals surface area contributed by atoms with Crippen LogP contribution in [0, 0.1) is 6.92 Å². The van der Waals surface area contributed by atoms with E-state index in [0.29, 0.717) is 25.4 Å². The number of hydrogen-bond donors (Lipinski definition) is 0. The van der Waals surface area contributed by atoms with Gasteiger partial charge in [-0.2, -0.15) is 5.10 Å². The van der Waals surface area contributed by atoms with Crippen molar-refractivity contribution in [2.24, 2.45) is 0 Å². The Morgan fingerprint density at radius 1 is 1.04 bits per heavy atom. The zero-order valence-corrected chi connectivity index (χ0v) is 16.5. The second-order valence-electron chi connectivity index (χ2n) is 6.79. The molecular weight excluding hydrogens is 350 g/mol. The molecular formula is C23H27N3O2. The molecule has 1 aromatic heterocycles. The first-order valence-corrected chi connectivity index (χ1v) is 9.63. The van der Waals surface area contributed by atoms with Crippen LogP contribution in [0.1, 0.15) is 28.2 Å². The summed E-state index contributed by atoms with van der Waals surface area (Å²) in [5, 5.41) is 4.56. The van der Waals surface area contributed by atoms with Gasteiger partial charge in [-0.25, -0.2) is 4.68 Å². The number of methoxy groups -OCH3 is 1. The molecule has 0 saturated carbocycles. The van der Waals surface area contributed by atoms with E-state index >= 15 is 0 Å². The van der Waals surface area contributed by atoms with Crippen molar-refractivity contribution in [3.8, 4) is 5.69 Å². The number of aryl methyl sites for hydroxylation is 2. The SMILES string of the molecule is COCCN(CCCc1ccccc1)C(=O)c1cc(C)n(-c2ccccc2)n1. The molecule has 0 saturated heterocycles. The van der Waals surface area contributed by atoms with Crippen LogP contribution < -0.4 is 0 Å². The number of para-hydroxylation sites is 1. The van der Waals surface area contributed by atoms with E-state index < -0.39 is 0 Å². The van der Waals surface area contributed by atoms with E-state index in [1.807, 2.05) is 71.1 Å². The van der Waals surface area contributed by atoms with Crippen molar-refractivity contribution < 1.29 is 9.53 Å². The second kappa shape index (κ2) is 9.85. The largest absolute Gasteiger partial charge is 0.383 e. The van der Waals surface area contributed by atoms with Crippen LogP contribution in [-0.2, 0) is 11.2 Å². The summed E-state index contributed by atoms with van der Waals surface area (Å²) in [6, 6.07) is 22.1. The Bertz CT molecular complexity index is 875. The highest BCUT2D eigenvalue weighted by Crippen LogP contribution is 2.14. The number of carbonyl (C=O) groups excluding carboxylic acids is 1. The Balaban J connectivity index is 1.70. The second-order valence-corrected chi connectivity index (χ2v) is 6.79. The van der Waals surface area contributed by atoms with Gasteiger partial charge in [0, 0.05) is 25.9 Å². The standard InChI is InChI=1S/C23H27N3O2/c1-19-18-22(24-26(19)21-13-7-4-8-14-21)23(27)25(16-17-28-2)15-9-12-20-10-5-3-6-11-20/h3-8,10-11,13-14,18H,9,12,15-17H2,1-2H3. The van der Waals surface area contributed by atoms with Crippen LogP contribution in [-0.4, -0.2) is 47.4 Å². The summed E-state index contributed by atoms with van der Waals surface area (Å²) in [6.07, 6.45) is 1.84. The summed E-state index contributed by atoms with van der Waals surface area (Å²) >= 11 is 0. The van der Waals surface area contributed by atoms with Gasteiger partial charge in [0.15, 0.2) is 5.69 Å². The first kappa shape index (κ1) is 19.8. The van der Waals surface area contributed by atoms with E-state index in [1.165, 1.54) is 5.56 Å². The van der Waals surface area contributed by atoms with Crippen LogP contribution in [0.5, 0.6) is 0 Å². The molecule has 0 spiro atoms. The lowest BCUT2D eigenvalue weighted by atomic mass is 10.1. The molecule has 0 aliphatic rings. The maximum Gasteiger partial charge on any atom is 0.274 e. The molecule has 0 aliphatic heterocycles. The molecule has 0 fully saturated rings. The van der Waals surface area contributed by atoms with Gasteiger partial charge in [-0.15, -0.1) is 0 Å². The summed E-state index contributed by atoms with van der Waals surface area (Å²) < 4.78 is 7.01. The quantitative estimate of drug-likeness (QED) is 0.568. The average Bonchev–Trinajstić information content (AvgIpc) is 3.13. The number of carbonyl (C=O) groups is 1. The smallest absolute Gasteiger partial charge is 0.274 e. The van der Waals surface area contributed by atoms with Crippen molar-refractivity contribution in [1.29, 1.82) is 0 Å². The number of nitrogens with zero attached hydrogens (tertiary/aromatic N) is 3. The lowest BCUT2D eigenvalue weighted by molar-refractivity contribution is 0.0687. The van der Waals surface area contributed by atoms with Crippen LogP contribution in [0.2, 0.25) is 0 Å². The fraction of sp³-hybridized carbons (Fsp3) is 0.304. The molecule has 0 atom stereocenters. The minimum absolute atomic E-state index is 0.0529. The molecule has 0 bridgehead atoms. The van der Waals surface area contributed by atoms with Crippen LogP contribution in [0.25, 0.3) is 5.69 Å². The Labute approximate surface area is 166 Å². The number of amides is 1. The van der Waals surface area contributed by atoms with Crippen molar-refractivity contribution in [2.75, 3.05) is 26.8 Å². The van der Waals surface area contributed by atoms with E-state index in [9.17, 15) is 4.79 Å². The molecule has 5 nitrogen and oxygen atoms in total. The molecule has 1 amide bonds. The first-order valence-electron chi connectivity index (χ1n) is 9.63. The number of benzene rings is 2. The Hall–Kier alpha value is -2.92. The molecule has 0 unspecified atom stereocenters. The van der Waals surface area contributed by atoms with Gasteiger partial charge in [0.25, 0.3) is 5.91 Å². The summed E-state index contributed by atoms with van der Waals surface area (Å²) in [5.74, 6) is -0.0529. The summed E-state index contributed by atoms with van der Waals surface area (Å²) in [7, 11) is 1.65. The maximum absolute atomic E-state index is 13.1. The monoisotopic (exact) mass is 377 g/mol. The van der Waals surface area contributed by atoms with E-state index in [0.717, 1.165) is 24.2 Å². The number of hydrogen-bond acceptors (Lipinski definition) is 3. The highest BCUT2D eigenvalue weighted by molar-refractivity contribution is 5.92. The highest BCUT2D eigenvalue weighted by Gasteiger charge is 2.19. The Morgan fingerprint density at radius 3 is 2.39 bits per heavy atom. The summed E-state index contributed by atoms with van der Waals surface area (Å²) in [6.45, 7) is 3.71. The third-order valence-electron chi connectivity index (χ3n) is 4.70. The van der Waals surface area contributed by atoms with E-state index in [2.05, 4.69) is 17.2 Å². The van der Waals surface area contributed by atoms with Crippen molar-refractivity contribution in [2.45, 2.75) is 19.8 Å². The predicted molar refractivity (Wildman–Crippen MR) is 111 cm³/mol. The fourth-order valence-corrected chi connectivity index (χ4v) is 3.21. The predicted octanol–water partition coefficient (Wildman–Crippen LogP) is 3.90. The van der Waals surface area contributed by atoms with Crippen LogP contribution in [0.3, 0.4) is 0 Å². The van der Waals surface area contributed by atoms with Crippen molar-refractivity contribution in [1.82, 2.24) is 14.7 Å².